The van der Waals surface area contributed by atoms with Crippen molar-refractivity contribution in [2.75, 3.05) is 23.6 Å². The van der Waals surface area contributed by atoms with Gasteiger partial charge in [0.05, 0.1) is 16.5 Å². The Hall–Kier alpha value is -0.830. The molecular formula is C8H10N2S. The number of nitrogens with zero attached hydrogens (tertiary/aromatic N) is 1. The zero-order valence-electron chi connectivity index (χ0n) is 6.37. The van der Waals surface area contributed by atoms with Crippen molar-refractivity contribution in [2.24, 2.45) is 0 Å². The number of rotatable bonds is 0. The smallest absolute Gasteiger partial charge is 0.0684 e. The van der Waals surface area contributed by atoms with Crippen molar-refractivity contribution in [3.8, 4) is 0 Å². The van der Waals surface area contributed by atoms with E-state index >= 15 is 0 Å². The lowest BCUT2D eigenvalue weighted by Crippen LogP contribution is -2.10. The number of nitrogen functional groups attached to an aromatic ring is 1. The van der Waals surface area contributed by atoms with Crippen LogP contribution in [0.5, 0.6) is 0 Å². The second-order valence-corrected chi connectivity index (χ2v) is 3.62. The summed E-state index contributed by atoms with van der Waals surface area (Å²) in [5.74, 6) is 1.02. The first-order valence-electron chi connectivity index (χ1n) is 3.51. The highest BCUT2D eigenvalue weighted by Gasteiger charge is 2.17. The number of hydrogen-bond donors (Lipinski definition) is 1. The maximum atomic E-state index is 5.79. The minimum atomic E-state index is 0.900. The zero-order chi connectivity index (χ0) is 7.84. The van der Waals surface area contributed by atoms with Crippen molar-refractivity contribution in [2.45, 2.75) is 4.90 Å². The van der Waals surface area contributed by atoms with Gasteiger partial charge in [-0.15, -0.1) is 11.8 Å². The Kier molecular flexibility index (Phi) is 1.46. The maximum absolute atomic E-state index is 5.79. The predicted molar refractivity (Wildman–Crippen MR) is 50.0 cm³/mol. The lowest BCUT2D eigenvalue weighted by molar-refractivity contribution is 1.10. The molecule has 0 aliphatic carbocycles. The quantitative estimate of drug-likeness (QED) is 0.595. The standard InChI is InChI=1S/C8H10N2S/c1-10-5-11-8-6(9)3-2-4-7(8)10/h2-4H,5,9H2,1H3. The Morgan fingerprint density at radius 3 is 3.09 bits per heavy atom. The fourth-order valence-electron chi connectivity index (χ4n) is 1.23. The monoisotopic (exact) mass is 166 g/mol. The van der Waals surface area contributed by atoms with Crippen LogP contribution in [0.2, 0.25) is 0 Å². The average molecular weight is 166 g/mol. The molecule has 1 aromatic carbocycles. The molecular weight excluding hydrogens is 156 g/mol. The number of nitrogens with two attached hydrogens (primary N) is 1. The highest BCUT2D eigenvalue weighted by atomic mass is 32.2. The first-order valence-corrected chi connectivity index (χ1v) is 4.50. The second-order valence-electron chi connectivity index (χ2n) is 2.67. The van der Waals surface area contributed by atoms with Gasteiger partial charge in [0.25, 0.3) is 0 Å². The average Bonchev–Trinajstić information content (AvgIpc) is 2.35. The summed E-state index contributed by atoms with van der Waals surface area (Å²) in [4.78, 5) is 3.44. The van der Waals surface area contributed by atoms with Crippen molar-refractivity contribution in [3.63, 3.8) is 0 Å². The molecule has 2 rings (SSSR count). The molecule has 0 unspecified atom stereocenters. The Balaban J connectivity index is 2.57. The van der Waals surface area contributed by atoms with Crippen molar-refractivity contribution >= 4 is 23.1 Å². The molecule has 2 nitrogen and oxygen atoms in total. The van der Waals surface area contributed by atoms with E-state index in [9.17, 15) is 0 Å². The van der Waals surface area contributed by atoms with Crippen molar-refractivity contribution < 1.29 is 0 Å². The van der Waals surface area contributed by atoms with Crippen LogP contribution in [0, 0.1) is 0 Å². The Morgan fingerprint density at radius 2 is 2.36 bits per heavy atom. The first-order chi connectivity index (χ1) is 5.29. The van der Waals surface area contributed by atoms with Gasteiger partial charge in [0.1, 0.15) is 0 Å². The summed E-state index contributed by atoms with van der Waals surface area (Å²) >= 11 is 1.80. The van der Waals surface area contributed by atoms with Crippen LogP contribution in [-0.4, -0.2) is 12.9 Å². The van der Waals surface area contributed by atoms with Crippen LogP contribution in [0.25, 0.3) is 0 Å². The molecule has 0 bridgehead atoms. The van der Waals surface area contributed by atoms with E-state index in [0.29, 0.717) is 0 Å². The van der Waals surface area contributed by atoms with E-state index in [-0.39, 0.29) is 0 Å². The van der Waals surface area contributed by atoms with Gasteiger partial charge in [-0.3, -0.25) is 0 Å². The third-order valence-electron chi connectivity index (χ3n) is 1.84. The van der Waals surface area contributed by atoms with Crippen molar-refractivity contribution in [3.05, 3.63) is 18.2 Å². The van der Waals surface area contributed by atoms with E-state index < -0.39 is 0 Å². The molecule has 0 saturated heterocycles. The molecule has 58 valence electrons. The van der Waals surface area contributed by atoms with Crippen LogP contribution >= 0.6 is 11.8 Å². The molecule has 1 aromatic rings. The summed E-state index contributed by atoms with van der Waals surface area (Å²) < 4.78 is 0. The lowest BCUT2D eigenvalue weighted by Gasteiger charge is -2.09. The number of fused-ring (bicyclic) bond motifs is 1. The van der Waals surface area contributed by atoms with E-state index in [0.717, 1.165) is 11.6 Å². The number of anilines is 2. The van der Waals surface area contributed by atoms with Gasteiger partial charge >= 0.3 is 0 Å². The molecule has 0 amide bonds. The zero-order valence-corrected chi connectivity index (χ0v) is 7.19. The molecule has 0 radical (unpaired) electrons. The minimum absolute atomic E-state index is 0.900. The topological polar surface area (TPSA) is 29.3 Å². The van der Waals surface area contributed by atoms with Gasteiger partial charge in [0, 0.05) is 12.7 Å². The molecule has 1 aliphatic rings. The fourth-order valence-corrected chi connectivity index (χ4v) is 2.30. The number of hydrogen-bond acceptors (Lipinski definition) is 3. The van der Waals surface area contributed by atoms with Crippen LogP contribution in [0.3, 0.4) is 0 Å². The third kappa shape index (κ3) is 0.959. The van der Waals surface area contributed by atoms with Crippen LogP contribution in [0.15, 0.2) is 23.1 Å². The summed E-state index contributed by atoms with van der Waals surface area (Å²) in [6, 6.07) is 6.05. The highest BCUT2D eigenvalue weighted by molar-refractivity contribution is 8.00. The molecule has 1 aliphatic heterocycles. The molecule has 0 atom stereocenters. The van der Waals surface area contributed by atoms with E-state index in [1.54, 1.807) is 11.8 Å². The van der Waals surface area contributed by atoms with E-state index in [1.807, 2.05) is 12.1 Å². The molecule has 0 saturated carbocycles. The van der Waals surface area contributed by atoms with Crippen molar-refractivity contribution in [1.29, 1.82) is 0 Å². The molecule has 3 heteroatoms. The van der Waals surface area contributed by atoms with Crippen molar-refractivity contribution in [1.82, 2.24) is 0 Å². The number of benzene rings is 1. The maximum Gasteiger partial charge on any atom is 0.0684 e. The summed E-state index contributed by atoms with van der Waals surface area (Å²) in [6.45, 7) is 0. The van der Waals surface area contributed by atoms with Crippen LogP contribution in [-0.2, 0) is 0 Å². The summed E-state index contributed by atoms with van der Waals surface area (Å²) in [5.41, 5.74) is 7.95. The molecule has 2 N–H and O–H groups in total. The van der Waals surface area contributed by atoms with Gasteiger partial charge in [-0.05, 0) is 12.1 Å². The Morgan fingerprint density at radius 1 is 1.55 bits per heavy atom. The predicted octanol–water partition coefficient (Wildman–Crippen LogP) is 1.77. The normalized spacial score (nSPS) is 15.2. The van der Waals surface area contributed by atoms with E-state index in [2.05, 4.69) is 18.0 Å². The van der Waals surface area contributed by atoms with Gasteiger partial charge in [0.2, 0.25) is 0 Å². The molecule has 1 heterocycles. The van der Waals surface area contributed by atoms with Crippen LogP contribution in [0.1, 0.15) is 0 Å². The second kappa shape index (κ2) is 2.34. The van der Waals surface area contributed by atoms with Crippen LogP contribution < -0.4 is 10.6 Å². The van der Waals surface area contributed by atoms with Gasteiger partial charge in [0.15, 0.2) is 0 Å². The summed E-state index contributed by atoms with van der Waals surface area (Å²) in [7, 11) is 2.08. The Labute approximate surface area is 70.4 Å². The SMILES string of the molecule is CN1CSc2c(N)cccc21. The molecule has 0 spiro atoms. The molecule has 0 aromatic heterocycles. The van der Waals surface area contributed by atoms with Gasteiger partial charge in [-0.1, -0.05) is 6.07 Å². The fraction of sp³-hybridized carbons (Fsp3) is 0.250. The lowest BCUT2D eigenvalue weighted by atomic mass is 10.3. The molecule has 0 fully saturated rings. The molecule has 11 heavy (non-hydrogen) atoms. The van der Waals surface area contributed by atoms with Crippen LogP contribution in [0.4, 0.5) is 11.4 Å². The largest absolute Gasteiger partial charge is 0.398 e. The summed E-state index contributed by atoms with van der Waals surface area (Å²) in [6.07, 6.45) is 0. The summed E-state index contributed by atoms with van der Waals surface area (Å²) in [5, 5.41) is 0. The van der Waals surface area contributed by atoms with E-state index in [1.165, 1.54) is 10.6 Å². The first kappa shape index (κ1) is 6.85. The van der Waals surface area contributed by atoms with Gasteiger partial charge in [-0.2, -0.15) is 0 Å². The Bertz CT molecular complexity index is 285. The van der Waals surface area contributed by atoms with E-state index in [4.69, 9.17) is 5.73 Å². The minimum Gasteiger partial charge on any atom is -0.398 e. The highest BCUT2D eigenvalue weighted by Crippen LogP contribution is 2.40. The van der Waals surface area contributed by atoms with Gasteiger partial charge < -0.3 is 10.6 Å². The number of thioether (sulfide) groups is 1. The third-order valence-corrected chi connectivity index (χ3v) is 3.09. The van der Waals surface area contributed by atoms with Gasteiger partial charge in [-0.25, -0.2) is 0 Å².